The molecule has 1 aromatic heterocycles. The fourth-order valence-electron chi connectivity index (χ4n) is 3.88. The summed E-state index contributed by atoms with van der Waals surface area (Å²) in [6.07, 6.45) is 2.09. The van der Waals surface area contributed by atoms with Crippen molar-refractivity contribution in [3.8, 4) is 0 Å². The fourth-order valence-corrected chi connectivity index (χ4v) is 3.88. The third-order valence-corrected chi connectivity index (χ3v) is 5.50. The first kappa shape index (κ1) is 18.8. The summed E-state index contributed by atoms with van der Waals surface area (Å²) in [4.78, 5) is 27.0. The summed E-state index contributed by atoms with van der Waals surface area (Å²) in [5.74, 6) is 0. The molecule has 2 aliphatic rings. The normalized spacial score (nSPS) is 19.9. The molecule has 1 atom stereocenters. The number of rotatable bonds is 4. The number of fused-ring (bicyclic) bond motifs is 1. The molecule has 9 nitrogen and oxygen atoms in total. The van der Waals surface area contributed by atoms with Gasteiger partial charge in [0.15, 0.2) is 0 Å². The monoisotopic (exact) mass is 389 g/mol. The van der Waals surface area contributed by atoms with Crippen molar-refractivity contribution < 1.29 is 14.3 Å². The molecule has 0 saturated carbocycles. The molecular formula is C19H27N5O4. The second-order valence-electron chi connectivity index (χ2n) is 7.33. The van der Waals surface area contributed by atoms with Gasteiger partial charge in [0, 0.05) is 40.3 Å². The maximum absolute atomic E-state index is 12.5. The van der Waals surface area contributed by atoms with Crippen molar-refractivity contribution in [3.63, 3.8) is 0 Å². The van der Waals surface area contributed by atoms with Gasteiger partial charge in [-0.15, -0.1) is 0 Å². The highest BCUT2D eigenvalue weighted by Gasteiger charge is 2.21. The van der Waals surface area contributed by atoms with Crippen LogP contribution >= 0.6 is 0 Å². The lowest BCUT2D eigenvalue weighted by Crippen LogP contribution is -2.38. The van der Waals surface area contributed by atoms with Crippen LogP contribution in [0.3, 0.4) is 0 Å². The zero-order valence-electron chi connectivity index (χ0n) is 16.4. The number of amides is 2. The Morgan fingerprint density at radius 3 is 2.54 bits per heavy atom. The molecular weight excluding hydrogens is 362 g/mol. The lowest BCUT2D eigenvalue weighted by atomic mass is 10.2. The second kappa shape index (κ2) is 7.84. The van der Waals surface area contributed by atoms with E-state index in [4.69, 9.17) is 9.47 Å². The Balaban J connectivity index is 1.63. The standard InChI is InChI=1S/C19H27N5O4/c1-22-16-10-14(21-18(25)20-12-13-4-3-7-28-13)15(24-5-8-27-9-6-24)11-17(16)23(2)19(22)26/h10-11,13H,3-9,12H2,1-2H3,(H2,20,21,25). The van der Waals surface area contributed by atoms with Crippen LogP contribution in [0.15, 0.2) is 16.9 Å². The van der Waals surface area contributed by atoms with E-state index in [2.05, 4.69) is 15.5 Å². The van der Waals surface area contributed by atoms with E-state index in [-0.39, 0.29) is 17.8 Å². The number of aromatic nitrogens is 2. The van der Waals surface area contributed by atoms with E-state index in [0.29, 0.717) is 25.4 Å². The van der Waals surface area contributed by atoms with Crippen LogP contribution in [0.4, 0.5) is 16.2 Å². The number of carbonyl (C=O) groups excluding carboxylic acids is 1. The number of nitrogens with zero attached hydrogens (tertiary/aromatic N) is 3. The maximum atomic E-state index is 12.5. The average Bonchev–Trinajstić information content (AvgIpc) is 3.30. The molecule has 2 fully saturated rings. The summed E-state index contributed by atoms with van der Waals surface area (Å²) in [5, 5.41) is 5.86. The minimum Gasteiger partial charge on any atom is -0.378 e. The zero-order valence-corrected chi connectivity index (χ0v) is 16.4. The van der Waals surface area contributed by atoms with Crippen molar-refractivity contribution in [2.24, 2.45) is 14.1 Å². The lowest BCUT2D eigenvalue weighted by molar-refractivity contribution is 0.112. The van der Waals surface area contributed by atoms with Crippen LogP contribution in [0.5, 0.6) is 0 Å². The summed E-state index contributed by atoms with van der Waals surface area (Å²) in [5.41, 5.74) is 3.09. The highest BCUT2D eigenvalue weighted by Crippen LogP contribution is 2.31. The van der Waals surface area contributed by atoms with E-state index in [0.717, 1.165) is 49.3 Å². The van der Waals surface area contributed by atoms with Gasteiger partial charge in [-0.25, -0.2) is 9.59 Å². The number of imidazole rings is 1. The third kappa shape index (κ3) is 3.59. The minimum absolute atomic E-state index is 0.0851. The van der Waals surface area contributed by atoms with E-state index in [1.807, 2.05) is 12.1 Å². The van der Waals surface area contributed by atoms with Gasteiger partial charge in [0.2, 0.25) is 0 Å². The molecule has 2 saturated heterocycles. The van der Waals surface area contributed by atoms with E-state index in [9.17, 15) is 9.59 Å². The van der Waals surface area contributed by atoms with Crippen LogP contribution in [-0.4, -0.2) is 60.7 Å². The number of hydrogen-bond donors (Lipinski definition) is 2. The van der Waals surface area contributed by atoms with Crippen LogP contribution in [0.1, 0.15) is 12.8 Å². The van der Waals surface area contributed by atoms with Crippen LogP contribution in [0.25, 0.3) is 11.0 Å². The van der Waals surface area contributed by atoms with Gasteiger partial charge in [0.1, 0.15) is 0 Å². The quantitative estimate of drug-likeness (QED) is 0.815. The van der Waals surface area contributed by atoms with Gasteiger partial charge < -0.3 is 25.0 Å². The van der Waals surface area contributed by atoms with Crippen molar-refractivity contribution in [1.82, 2.24) is 14.5 Å². The van der Waals surface area contributed by atoms with E-state index in [1.165, 1.54) is 0 Å². The molecule has 28 heavy (non-hydrogen) atoms. The molecule has 1 aromatic carbocycles. The van der Waals surface area contributed by atoms with Gasteiger partial charge in [-0.1, -0.05) is 0 Å². The third-order valence-electron chi connectivity index (χ3n) is 5.50. The molecule has 0 bridgehead atoms. The molecule has 0 radical (unpaired) electrons. The Kier molecular flexibility index (Phi) is 5.27. The Labute approximate surface area is 163 Å². The van der Waals surface area contributed by atoms with Gasteiger partial charge in [0.05, 0.1) is 41.7 Å². The van der Waals surface area contributed by atoms with Crippen LogP contribution in [-0.2, 0) is 23.6 Å². The Hall–Kier alpha value is -2.52. The number of ether oxygens (including phenoxy) is 2. The summed E-state index contributed by atoms with van der Waals surface area (Å²) in [6.45, 7) is 3.99. The van der Waals surface area contributed by atoms with Crippen molar-refractivity contribution in [2.75, 3.05) is 49.7 Å². The maximum Gasteiger partial charge on any atom is 0.328 e. The van der Waals surface area contributed by atoms with Gasteiger partial charge in [-0.3, -0.25) is 9.13 Å². The summed E-state index contributed by atoms with van der Waals surface area (Å²) < 4.78 is 14.2. The first-order chi connectivity index (χ1) is 13.5. The van der Waals surface area contributed by atoms with Gasteiger partial charge in [0.25, 0.3) is 0 Å². The number of benzene rings is 1. The first-order valence-electron chi connectivity index (χ1n) is 9.73. The fraction of sp³-hybridized carbons (Fsp3) is 0.579. The van der Waals surface area contributed by atoms with Crippen LogP contribution in [0, 0.1) is 0 Å². The number of nitrogens with one attached hydrogen (secondary N) is 2. The van der Waals surface area contributed by atoms with Crippen molar-refractivity contribution in [2.45, 2.75) is 18.9 Å². The molecule has 2 aliphatic heterocycles. The topological polar surface area (TPSA) is 89.8 Å². The molecule has 2 aromatic rings. The second-order valence-corrected chi connectivity index (χ2v) is 7.33. The number of urea groups is 1. The van der Waals surface area contributed by atoms with E-state index < -0.39 is 0 Å². The number of aryl methyl sites for hydroxylation is 2. The molecule has 3 heterocycles. The molecule has 0 spiro atoms. The highest BCUT2D eigenvalue weighted by molar-refractivity contribution is 5.98. The number of morpholine rings is 1. The molecule has 2 N–H and O–H groups in total. The largest absolute Gasteiger partial charge is 0.378 e. The lowest BCUT2D eigenvalue weighted by Gasteiger charge is -2.30. The molecule has 9 heteroatoms. The summed E-state index contributed by atoms with van der Waals surface area (Å²) >= 11 is 0. The molecule has 1 unspecified atom stereocenters. The van der Waals surface area contributed by atoms with Gasteiger partial charge >= 0.3 is 11.7 Å². The molecule has 0 aliphatic carbocycles. The van der Waals surface area contributed by atoms with Crippen molar-refractivity contribution in [1.29, 1.82) is 0 Å². The van der Waals surface area contributed by atoms with Gasteiger partial charge in [-0.2, -0.15) is 0 Å². The van der Waals surface area contributed by atoms with Gasteiger partial charge in [-0.05, 0) is 25.0 Å². The predicted octanol–water partition coefficient (Wildman–Crippen LogP) is 1.01. The highest BCUT2D eigenvalue weighted by atomic mass is 16.5. The Morgan fingerprint density at radius 1 is 1.14 bits per heavy atom. The average molecular weight is 389 g/mol. The van der Waals surface area contributed by atoms with E-state index >= 15 is 0 Å². The minimum atomic E-state index is -0.273. The predicted molar refractivity (Wildman–Crippen MR) is 107 cm³/mol. The van der Waals surface area contributed by atoms with Crippen molar-refractivity contribution in [3.05, 3.63) is 22.6 Å². The van der Waals surface area contributed by atoms with Crippen LogP contribution < -0.4 is 21.2 Å². The van der Waals surface area contributed by atoms with Crippen molar-refractivity contribution >= 4 is 28.4 Å². The smallest absolute Gasteiger partial charge is 0.328 e. The Morgan fingerprint density at radius 2 is 1.86 bits per heavy atom. The molecule has 2 amide bonds. The first-order valence-corrected chi connectivity index (χ1v) is 9.73. The van der Waals surface area contributed by atoms with Crippen LogP contribution in [0.2, 0.25) is 0 Å². The molecule has 4 rings (SSSR count). The zero-order chi connectivity index (χ0) is 19.7. The van der Waals surface area contributed by atoms with E-state index in [1.54, 1.807) is 23.2 Å². The Bertz CT molecular complexity index is 923. The number of anilines is 2. The number of hydrogen-bond acceptors (Lipinski definition) is 5. The summed E-state index contributed by atoms with van der Waals surface area (Å²) in [6, 6.07) is 3.57. The number of carbonyl (C=O) groups is 1. The SMILES string of the molecule is Cn1c(=O)n(C)c2cc(N3CCOCC3)c(NC(=O)NCC3CCCO3)cc21. The summed E-state index contributed by atoms with van der Waals surface area (Å²) in [7, 11) is 3.50. The molecule has 152 valence electrons.